The van der Waals surface area contributed by atoms with E-state index in [1.807, 2.05) is 13.0 Å². The number of hydrogen-bond donors (Lipinski definition) is 3. The van der Waals surface area contributed by atoms with Crippen molar-refractivity contribution in [2.24, 2.45) is 0 Å². The van der Waals surface area contributed by atoms with Gasteiger partial charge in [0.15, 0.2) is 0 Å². The normalized spacial score (nSPS) is 18.6. The molecule has 0 aliphatic carbocycles. The van der Waals surface area contributed by atoms with E-state index < -0.39 is 0 Å². The second-order valence-electron chi connectivity index (χ2n) is 4.60. The summed E-state index contributed by atoms with van der Waals surface area (Å²) in [6.45, 7) is 2.37. The Morgan fingerprint density at radius 1 is 1.47 bits per heavy atom. The van der Waals surface area contributed by atoms with Gasteiger partial charge in [0.05, 0.1) is 0 Å². The number of piperidine rings is 1. The molecular weight excluding hydrogens is 266 g/mol. The first kappa shape index (κ1) is 13.7. The topological polar surface area (TPSA) is 70.2 Å². The van der Waals surface area contributed by atoms with Crippen molar-refractivity contribution >= 4 is 29.2 Å². The highest BCUT2D eigenvalue weighted by molar-refractivity contribution is 6.31. The van der Waals surface area contributed by atoms with Gasteiger partial charge in [-0.2, -0.15) is 0 Å². The number of nitrogens with one attached hydrogen (secondary N) is 3. The van der Waals surface area contributed by atoms with Crippen LogP contribution in [0.5, 0.6) is 0 Å². The van der Waals surface area contributed by atoms with Crippen LogP contribution in [0.25, 0.3) is 0 Å². The average Bonchev–Trinajstić information content (AvgIpc) is 2.37. The van der Waals surface area contributed by atoms with Crippen molar-refractivity contribution < 1.29 is 9.59 Å². The number of urea groups is 1. The number of amides is 3. The van der Waals surface area contributed by atoms with Crippen LogP contribution in [0.1, 0.15) is 18.4 Å². The summed E-state index contributed by atoms with van der Waals surface area (Å²) >= 11 is 5.99. The van der Waals surface area contributed by atoms with Gasteiger partial charge >= 0.3 is 6.03 Å². The molecular formula is C13H16ClN3O2. The van der Waals surface area contributed by atoms with Gasteiger partial charge in [0.2, 0.25) is 5.91 Å². The monoisotopic (exact) mass is 281 g/mol. The summed E-state index contributed by atoms with van der Waals surface area (Å²) in [5.74, 6) is 0.0313. The van der Waals surface area contributed by atoms with Crippen molar-refractivity contribution in [3.05, 3.63) is 28.8 Å². The summed E-state index contributed by atoms with van der Waals surface area (Å²) < 4.78 is 0. The molecule has 0 saturated carbocycles. The second-order valence-corrected chi connectivity index (χ2v) is 5.01. The number of hydrogen-bond acceptors (Lipinski definition) is 2. The first-order valence-electron chi connectivity index (χ1n) is 6.15. The van der Waals surface area contributed by atoms with E-state index in [2.05, 4.69) is 16.0 Å². The maximum absolute atomic E-state index is 11.8. The van der Waals surface area contributed by atoms with Crippen molar-refractivity contribution in [2.45, 2.75) is 25.8 Å². The lowest BCUT2D eigenvalue weighted by Crippen LogP contribution is -2.48. The fourth-order valence-corrected chi connectivity index (χ4v) is 2.06. The van der Waals surface area contributed by atoms with Gasteiger partial charge in [-0.05, 0) is 31.0 Å². The number of rotatable bonds is 2. The minimum atomic E-state index is -0.291. The highest BCUT2D eigenvalue weighted by Crippen LogP contribution is 2.19. The van der Waals surface area contributed by atoms with Crippen LogP contribution in [-0.4, -0.2) is 24.5 Å². The van der Waals surface area contributed by atoms with E-state index in [-0.39, 0.29) is 18.0 Å². The zero-order valence-electron chi connectivity index (χ0n) is 10.6. The molecule has 19 heavy (non-hydrogen) atoms. The van der Waals surface area contributed by atoms with Gasteiger partial charge in [0, 0.05) is 29.7 Å². The zero-order valence-corrected chi connectivity index (χ0v) is 11.4. The molecule has 6 heteroatoms. The SMILES string of the molecule is Cc1ccc(NC(=O)NC2CCC(=O)NC2)cc1Cl. The minimum absolute atomic E-state index is 0.0291. The molecule has 0 bridgehead atoms. The Kier molecular flexibility index (Phi) is 4.27. The summed E-state index contributed by atoms with van der Waals surface area (Å²) in [7, 11) is 0. The number of halogens is 1. The third-order valence-corrected chi connectivity index (χ3v) is 3.44. The van der Waals surface area contributed by atoms with Crippen molar-refractivity contribution in [2.75, 3.05) is 11.9 Å². The zero-order chi connectivity index (χ0) is 13.8. The van der Waals surface area contributed by atoms with Gasteiger partial charge in [-0.1, -0.05) is 17.7 Å². The van der Waals surface area contributed by atoms with Gasteiger partial charge in [-0.15, -0.1) is 0 Å². The van der Waals surface area contributed by atoms with E-state index >= 15 is 0 Å². The maximum Gasteiger partial charge on any atom is 0.319 e. The Morgan fingerprint density at radius 3 is 2.89 bits per heavy atom. The van der Waals surface area contributed by atoms with Crippen molar-refractivity contribution in [1.82, 2.24) is 10.6 Å². The summed E-state index contributed by atoms with van der Waals surface area (Å²) in [5.41, 5.74) is 1.61. The lowest BCUT2D eigenvalue weighted by Gasteiger charge is -2.23. The summed E-state index contributed by atoms with van der Waals surface area (Å²) in [6, 6.07) is 5.03. The molecule has 0 aromatic heterocycles. The van der Waals surface area contributed by atoms with Gasteiger partial charge in [-0.3, -0.25) is 4.79 Å². The predicted molar refractivity (Wildman–Crippen MR) is 74.4 cm³/mol. The molecule has 3 N–H and O–H groups in total. The fourth-order valence-electron chi connectivity index (χ4n) is 1.88. The van der Waals surface area contributed by atoms with Crippen molar-refractivity contribution in [3.63, 3.8) is 0 Å². The molecule has 1 aromatic carbocycles. The summed E-state index contributed by atoms with van der Waals surface area (Å²) in [5, 5.41) is 8.86. The van der Waals surface area contributed by atoms with Crippen LogP contribution < -0.4 is 16.0 Å². The Balaban J connectivity index is 1.87. The number of carbonyl (C=O) groups excluding carboxylic acids is 2. The summed E-state index contributed by atoms with van der Waals surface area (Å²) in [4.78, 5) is 22.8. The Labute approximate surface area is 116 Å². The van der Waals surface area contributed by atoms with Crippen LogP contribution in [-0.2, 0) is 4.79 Å². The predicted octanol–water partition coefficient (Wildman–Crippen LogP) is 2.05. The van der Waals surface area contributed by atoms with Crippen LogP contribution in [0.4, 0.5) is 10.5 Å². The molecule has 1 heterocycles. The molecule has 1 unspecified atom stereocenters. The van der Waals surface area contributed by atoms with Crippen LogP contribution in [0, 0.1) is 6.92 Å². The molecule has 0 radical (unpaired) electrons. The maximum atomic E-state index is 11.8. The van der Waals surface area contributed by atoms with Crippen molar-refractivity contribution in [1.29, 1.82) is 0 Å². The van der Waals surface area contributed by atoms with Gasteiger partial charge < -0.3 is 16.0 Å². The first-order chi connectivity index (χ1) is 9.04. The largest absolute Gasteiger partial charge is 0.354 e. The molecule has 5 nitrogen and oxygen atoms in total. The lowest BCUT2D eigenvalue weighted by molar-refractivity contribution is -0.122. The number of anilines is 1. The third-order valence-electron chi connectivity index (χ3n) is 3.03. The van der Waals surface area contributed by atoms with Crippen LogP contribution in [0.15, 0.2) is 18.2 Å². The van der Waals surface area contributed by atoms with Crippen molar-refractivity contribution in [3.8, 4) is 0 Å². The Bertz CT molecular complexity index is 495. The minimum Gasteiger partial charge on any atom is -0.354 e. The first-order valence-corrected chi connectivity index (χ1v) is 6.53. The van der Waals surface area contributed by atoms with E-state index in [1.165, 1.54) is 0 Å². The highest BCUT2D eigenvalue weighted by Gasteiger charge is 2.19. The molecule has 1 atom stereocenters. The van der Waals surface area contributed by atoms with E-state index in [9.17, 15) is 9.59 Å². The lowest BCUT2D eigenvalue weighted by atomic mass is 10.1. The van der Waals surface area contributed by atoms with Crippen LogP contribution >= 0.6 is 11.6 Å². The third kappa shape index (κ3) is 3.86. The average molecular weight is 282 g/mol. The standard InChI is InChI=1S/C13H16ClN3O2/c1-8-2-3-9(6-11(8)14)16-13(19)17-10-4-5-12(18)15-7-10/h2-3,6,10H,4-5,7H2,1H3,(H,15,18)(H2,16,17,19). The van der Waals surface area contributed by atoms with E-state index in [4.69, 9.17) is 11.6 Å². The van der Waals surface area contributed by atoms with Crippen LogP contribution in [0.2, 0.25) is 5.02 Å². The highest BCUT2D eigenvalue weighted by atomic mass is 35.5. The molecule has 1 aliphatic heterocycles. The van der Waals surface area contributed by atoms with Gasteiger partial charge in [-0.25, -0.2) is 4.79 Å². The van der Waals surface area contributed by atoms with Crippen LogP contribution in [0.3, 0.4) is 0 Å². The molecule has 1 aromatic rings. The van der Waals surface area contributed by atoms with E-state index in [0.717, 1.165) is 5.56 Å². The molecule has 102 valence electrons. The summed E-state index contributed by atoms with van der Waals surface area (Å²) in [6.07, 6.45) is 1.11. The molecule has 3 amide bonds. The quantitative estimate of drug-likeness (QED) is 0.776. The van der Waals surface area contributed by atoms with Gasteiger partial charge in [0.25, 0.3) is 0 Å². The second kappa shape index (κ2) is 5.93. The molecule has 1 fully saturated rings. The molecule has 2 rings (SSSR count). The number of carbonyl (C=O) groups is 2. The molecule has 0 spiro atoms. The number of aryl methyl sites for hydroxylation is 1. The Hall–Kier alpha value is -1.75. The van der Waals surface area contributed by atoms with E-state index in [0.29, 0.717) is 30.1 Å². The van der Waals surface area contributed by atoms with E-state index in [1.54, 1.807) is 12.1 Å². The fraction of sp³-hybridized carbons (Fsp3) is 0.385. The van der Waals surface area contributed by atoms with Gasteiger partial charge in [0.1, 0.15) is 0 Å². The molecule has 1 aliphatic rings. The Morgan fingerprint density at radius 2 is 2.26 bits per heavy atom. The smallest absolute Gasteiger partial charge is 0.319 e. The molecule has 1 saturated heterocycles. The number of benzene rings is 1.